The molecule has 0 radical (unpaired) electrons. The number of amides is 2. The number of benzene rings is 3. The average molecular weight is 625 g/mol. The molecule has 200 valence electrons. The maximum Gasteiger partial charge on any atom is 0.416 e. The van der Waals surface area contributed by atoms with Gasteiger partial charge in [-0.25, -0.2) is 9.97 Å². The summed E-state index contributed by atoms with van der Waals surface area (Å²) in [6.45, 7) is 0. The van der Waals surface area contributed by atoms with Crippen molar-refractivity contribution >= 4 is 101 Å². The average Bonchev–Trinajstić information content (AvgIpc) is 3.51. The molecule has 0 spiro atoms. The van der Waals surface area contributed by atoms with E-state index in [1.165, 1.54) is 22.7 Å². The zero-order chi connectivity index (χ0) is 27.6. The number of hydrogen-bond donors (Lipinski definition) is 2. The van der Waals surface area contributed by atoms with Gasteiger partial charge in [0.25, 0.3) is 0 Å². The SMILES string of the molecule is O=C(CSc1nc2ccccc2s1)Nc1cc(C(F)(F)F)cc(NC(=O)CSc2nc3ccccc3s2)c1Cl. The zero-order valence-electron chi connectivity index (χ0n) is 19.5. The Bertz CT molecular complexity index is 1510. The molecular formula is C25H16ClF3N4O2S4. The van der Waals surface area contributed by atoms with Gasteiger partial charge in [-0.3, -0.25) is 9.59 Å². The number of thioether (sulfide) groups is 2. The summed E-state index contributed by atoms with van der Waals surface area (Å²) in [5.41, 5.74) is 0.0298. The zero-order valence-corrected chi connectivity index (χ0v) is 23.6. The highest BCUT2D eigenvalue weighted by Gasteiger charge is 2.32. The predicted molar refractivity (Wildman–Crippen MR) is 154 cm³/mol. The largest absolute Gasteiger partial charge is 0.416 e. The van der Waals surface area contributed by atoms with Crippen molar-refractivity contribution in [2.24, 2.45) is 0 Å². The van der Waals surface area contributed by atoms with E-state index in [0.29, 0.717) is 8.68 Å². The van der Waals surface area contributed by atoms with Gasteiger partial charge in [0.05, 0.1) is 53.9 Å². The van der Waals surface area contributed by atoms with Gasteiger partial charge in [-0.1, -0.05) is 59.4 Å². The van der Waals surface area contributed by atoms with Gasteiger partial charge >= 0.3 is 6.18 Å². The first kappa shape index (κ1) is 27.7. The number of hydrogen-bond acceptors (Lipinski definition) is 8. The molecule has 0 aliphatic carbocycles. The molecule has 0 aliphatic heterocycles. The summed E-state index contributed by atoms with van der Waals surface area (Å²) in [5.74, 6) is -1.31. The number of rotatable bonds is 8. The van der Waals surface area contributed by atoms with E-state index in [1.54, 1.807) is 0 Å². The topological polar surface area (TPSA) is 84.0 Å². The monoisotopic (exact) mass is 624 g/mol. The van der Waals surface area contributed by atoms with Gasteiger partial charge in [-0.15, -0.1) is 22.7 Å². The molecule has 39 heavy (non-hydrogen) atoms. The minimum atomic E-state index is -4.73. The van der Waals surface area contributed by atoms with Crippen LogP contribution in [0.4, 0.5) is 24.5 Å². The minimum Gasteiger partial charge on any atom is -0.324 e. The van der Waals surface area contributed by atoms with Crippen molar-refractivity contribution in [3.05, 3.63) is 71.2 Å². The molecule has 0 aliphatic rings. The molecule has 14 heteroatoms. The Balaban J connectivity index is 1.27. The van der Waals surface area contributed by atoms with E-state index in [4.69, 9.17) is 11.6 Å². The Hall–Kier alpha value is -2.84. The second-order valence-corrected chi connectivity index (χ2v) is 12.8. The van der Waals surface area contributed by atoms with E-state index in [0.717, 1.165) is 56.1 Å². The van der Waals surface area contributed by atoms with Crippen molar-refractivity contribution in [3.8, 4) is 0 Å². The third-order valence-electron chi connectivity index (χ3n) is 5.15. The van der Waals surface area contributed by atoms with Crippen LogP contribution in [0.25, 0.3) is 20.4 Å². The Labute approximate surface area is 241 Å². The quantitative estimate of drug-likeness (QED) is 0.170. The molecule has 5 rings (SSSR count). The van der Waals surface area contributed by atoms with Gasteiger partial charge < -0.3 is 10.6 Å². The van der Waals surface area contributed by atoms with E-state index in [1.807, 2.05) is 48.5 Å². The minimum absolute atomic E-state index is 0.0904. The van der Waals surface area contributed by atoms with Crippen LogP contribution in [0.5, 0.6) is 0 Å². The lowest BCUT2D eigenvalue weighted by molar-refractivity contribution is -0.137. The molecule has 0 saturated carbocycles. The third-order valence-corrected chi connectivity index (χ3v) is 9.92. The van der Waals surface area contributed by atoms with Crippen molar-refractivity contribution in [2.75, 3.05) is 22.1 Å². The molecule has 0 bridgehead atoms. The summed E-state index contributed by atoms with van der Waals surface area (Å²) in [6.07, 6.45) is -4.73. The van der Waals surface area contributed by atoms with Crippen LogP contribution in [-0.2, 0) is 15.8 Å². The normalized spacial score (nSPS) is 11.7. The Kier molecular flexibility index (Phi) is 8.33. The Morgan fingerprint density at radius 3 is 1.64 bits per heavy atom. The van der Waals surface area contributed by atoms with Gasteiger partial charge in [0.1, 0.15) is 0 Å². The fraction of sp³-hybridized carbons (Fsp3) is 0.120. The van der Waals surface area contributed by atoms with Crippen LogP contribution in [0, 0.1) is 0 Å². The van der Waals surface area contributed by atoms with Gasteiger partial charge in [-0.05, 0) is 36.4 Å². The number of nitrogens with one attached hydrogen (secondary N) is 2. The number of para-hydroxylation sites is 2. The summed E-state index contributed by atoms with van der Waals surface area (Å²) in [4.78, 5) is 34.0. The van der Waals surface area contributed by atoms with E-state index < -0.39 is 23.6 Å². The number of alkyl halides is 3. The molecule has 3 aromatic carbocycles. The molecular weight excluding hydrogens is 609 g/mol. The Morgan fingerprint density at radius 1 is 0.795 bits per heavy atom. The second-order valence-electron chi connectivity index (χ2n) is 7.95. The van der Waals surface area contributed by atoms with Crippen LogP contribution >= 0.6 is 57.8 Å². The van der Waals surface area contributed by atoms with Crippen LogP contribution in [0.3, 0.4) is 0 Å². The number of fused-ring (bicyclic) bond motifs is 2. The third kappa shape index (κ3) is 6.84. The van der Waals surface area contributed by atoms with Gasteiger partial charge in [0.2, 0.25) is 11.8 Å². The molecule has 0 fully saturated rings. The summed E-state index contributed by atoms with van der Waals surface area (Å²) >= 11 is 11.5. The van der Waals surface area contributed by atoms with Crippen LogP contribution in [0.15, 0.2) is 69.3 Å². The summed E-state index contributed by atoms with van der Waals surface area (Å²) < 4.78 is 44.0. The maximum atomic E-state index is 13.6. The van der Waals surface area contributed by atoms with Crippen LogP contribution in [-0.4, -0.2) is 33.3 Å². The molecule has 2 N–H and O–H groups in total. The standard InChI is InChI=1S/C25H16ClF3N4O2S4/c26-22-16(30-20(34)11-36-23-32-14-5-1-3-7-18(14)38-23)9-13(25(27,28)29)10-17(22)31-21(35)12-37-24-33-15-6-2-4-8-19(15)39-24/h1-10H,11-12H2,(H,30,34)(H,31,35). The van der Waals surface area contributed by atoms with Crippen LogP contribution in [0.2, 0.25) is 5.02 Å². The highest BCUT2D eigenvalue weighted by molar-refractivity contribution is 8.02. The summed E-state index contributed by atoms with van der Waals surface area (Å²) in [5, 5.41) is 4.66. The van der Waals surface area contributed by atoms with Gasteiger partial charge in [-0.2, -0.15) is 13.2 Å². The number of aromatic nitrogens is 2. The summed E-state index contributed by atoms with van der Waals surface area (Å²) in [7, 11) is 0. The first-order chi connectivity index (χ1) is 18.7. The van der Waals surface area contributed by atoms with E-state index in [2.05, 4.69) is 20.6 Å². The lowest BCUT2D eigenvalue weighted by Crippen LogP contribution is -2.18. The number of carbonyl (C=O) groups excluding carboxylic acids is 2. The van der Waals surface area contributed by atoms with E-state index >= 15 is 0 Å². The van der Waals surface area contributed by atoms with Crippen LogP contribution in [0.1, 0.15) is 5.56 Å². The van der Waals surface area contributed by atoms with Gasteiger partial charge in [0.15, 0.2) is 8.68 Å². The fourth-order valence-corrected chi connectivity index (χ4v) is 7.36. The van der Waals surface area contributed by atoms with Gasteiger partial charge in [0, 0.05) is 0 Å². The summed E-state index contributed by atoms with van der Waals surface area (Å²) in [6, 6.07) is 16.5. The molecule has 6 nitrogen and oxygen atoms in total. The number of carbonyl (C=O) groups is 2. The molecule has 0 saturated heterocycles. The first-order valence-corrected chi connectivity index (χ1v) is 15.1. The van der Waals surface area contributed by atoms with Crippen LogP contribution < -0.4 is 10.6 Å². The predicted octanol–water partition coefficient (Wildman–Crippen LogP) is 8.04. The first-order valence-electron chi connectivity index (χ1n) is 11.1. The fourth-order valence-electron chi connectivity index (χ4n) is 3.42. The van der Waals surface area contributed by atoms with Crippen molar-refractivity contribution < 1.29 is 22.8 Å². The second kappa shape index (κ2) is 11.7. The molecule has 0 unspecified atom stereocenters. The van der Waals surface area contributed by atoms with Crippen molar-refractivity contribution in [3.63, 3.8) is 0 Å². The number of halogens is 4. The van der Waals surface area contributed by atoms with E-state index in [9.17, 15) is 22.8 Å². The lowest BCUT2D eigenvalue weighted by Gasteiger charge is -2.16. The molecule has 2 aromatic heterocycles. The van der Waals surface area contributed by atoms with E-state index in [-0.39, 0.29) is 27.9 Å². The lowest BCUT2D eigenvalue weighted by atomic mass is 10.1. The van der Waals surface area contributed by atoms with Crippen molar-refractivity contribution in [1.82, 2.24) is 9.97 Å². The smallest absolute Gasteiger partial charge is 0.324 e. The number of nitrogens with zero attached hydrogens (tertiary/aromatic N) is 2. The highest BCUT2D eigenvalue weighted by Crippen LogP contribution is 2.39. The van der Waals surface area contributed by atoms with Crippen molar-refractivity contribution in [2.45, 2.75) is 14.9 Å². The highest BCUT2D eigenvalue weighted by atomic mass is 35.5. The molecule has 2 amide bonds. The Morgan fingerprint density at radius 2 is 1.23 bits per heavy atom. The number of thiazole rings is 2. The molecule has 2 heterocycles. The molecule has 0 atom stereocenters. The molecule has 5 aromatic rings. The number of anilines is 2. The maximum absolute atomic E-state index is 13.6. The van der Waals surface area contributed by atoms with Crippen molar-refractivity contribution in [1.29, 1.82) is 0 Å².